The first kappa shape index (κ1) is 13.6. The standard InChI is InChI=1S/C17H13NO2S/c19-16-14-7-6-12(10-15(14)17(20)18-16)9-13(21)8-11-4-2-1-3-5-11/h1-7,10H,8-9H2,(H,18,19,20). The third-order valence-corrected chi connectivity index (χ3v) is 3.73. The van der Waals surface area contributed by atoms with E-state index in [1.807, 2.05) is 36.4 Å². The van der Waals surface area contributed by atoms with E-state index >= 15 is 0 Å². The van der Waals surface area contributed by atoms with E-state index < -0.39 is 0 Å². The average molecular weight is 295 g/mol. The van der Waals surface area contributed by atoms with Crippen molar-refractivity contribution in [1.82, 2.24) is 5.32 Å². The molecule has 0 radical (unpaired) electrons. The lowest BCUT2D eigenvalue weighted by molar-refractivity contribution is 0.0879. The number of rotatable bonds is 4. The lowest BCUT2D eigenvalue weighted by Crippen LogP contribution is -2.19. The van der Waals surface area contributed by atoms with Gasteiger partial charge < -0.3 is 0 Å². The second kappa shape index (κ2) is 5.58. The summed E-state index contributed by atoms with van der Waals surface area (Å²) in [6, 6.07) is 15.3. The zero-order valence-electron chi connectivity index (χ0n) is 11.3. The van der Waals surface area contributed by atoms with E-state index in [-0.39, 0.29) is 11.8 Å². The fraction of sp³-hybridized carbons (Fsp3) is 0.118. The van der Waals surface area contributed by atoms with Gasteiger partial charge in [0.25, 0.3) is 11.8 Å². The third kappa shape index (κ3) is 2.90. The Bertz CT molecular complexity index is 738. The largest absolute Gasteiger partial charge is 0.288 e. The first-order valence-electron chi connectivity index (χ1n) is 6.68. The highest BCUT2D eigenvalue weighted by Crippen LogP contribution is 2.18. The van der Waals surface area contributed by atoms with E-state index in [0.29, 0.717) is 17.5 Å². The maximum atomic E-state index is 11.6. The van der Waals surface area contributed by atoms with Gasteiger partial charge in [-0.25, -0.2) is 0 Å². The van der Waals surface area contributed by atoms with E-state index in [9.17, 15) is 9.59 Å². The van der Waals surface area contributed by atoms with Gasteiger partial charge in [0.05, 0.1) is 11.1 Å². The molecule has 0 unspecified atom stereocenters. The second-order valence-corrected chi connectivity index (χ2v) is 5.62. The van der Waals surface area contributed by atoms with Gasteiger partial charge in [-0.2, -0.15) is 0 Å². The lowest BCUT2D eigenvalue weighted by atomic mass is 10.00. The molecule has 1 aliphatic heterocycles. The Morgan fingerprint density at radius 1 is 0.857 bits per heavy atom. The molecule has 4 heteroatoms. The van der Waals surface area contributed by atoms with Crippen LogP contribution in [0.5, 0.6) is 0 Å². The minimum absolute atomic E-state index is 0.326. The summed E-state index contributed by atoms with van der Waals surface area (Å²) in [6.45, 7) is 0. The molecule has 0 atom stereocenters. The van der Waals surface area contributed by atoms with Crippen molar-refractivity contribution in [2.24, 2.45) is 0 Å². The molecule has 0 fully saturated rings. The smallest absolute Gasteiger partial charge is 0.258 e. The summed E-state index contributed by atoms with van der Waals surface area (Å²) in [5.41, 5.74) is 3.02. The van der Waals surface area contributed by atoms with E-state index in [4.69, 9.17) is 12.2 Å². The van der Waals surface area contributed by atoms with Gasteiger partial charge in [0.15, 0.2) is 0 Å². The zero-order chi connectivity index (χ0) is 14.8. The highest BCUT2D eigenvalue weighted by atomic mass is 32.1. The molecule has 2 aromatic carbocycles. The van der Waals surface area contributed by atoms with Gasteiger partial charge in [0, 0.05) is 17.7 Å². The lowest BCUT2D eigenvalue weighted by Gasteiger charge is -2.05. The van der Waals surface area contributed by atoms with Crippen molar-refractivity contribution < 1.29 is 9.59 Å². The summed E-state index contributed by atoms with van der Waals surface area (Å²) in [6.07, 6.45) is 1.36. The Hall–Kier alpha value is -2.33. The molecule has 0 saturated heterocycles. The van der Waals surface area contributed by atoms with Crippen molar-refractivity contribution >= 4 is 28.9 Å². The first-order valence-corrected chi connectivity index (χ1v) is 7.08. The Kier molecular flexibility index (Phi) is 3.62. The van der Waals surface area contributed by atoms with Crippen LogP contribution in [-0.4, -0.2) is 16.7 Å². The van der Waals surface area contributed by atoms with Crippen LogP contribution in [0.1, 0.15) is 31.8 Å². The number of nitrogens with one attached hydrogen (secondary N) is 1. The van der Waals surface area contributed by atoms with Crippen LogP contribution in [0.2, 0.25) is 0 Å². The first-order chi connectivity index (χ1) is 10.1. The number of amides is 2. The van der Waals surface area contributed by atoms with Gasteiger partial charge in [-0.3, -0.25) is 14.9 Å². The van der Waals surface area contributed by atoms with Gasteiger partial charge in [0.1, 0.15) is 0 Å². The van der Waals surface area contributed by atoms with E-state index in [1.165, 1.54) is 5.56 Å². The minimum Gasteiger partial charge on any atom is -0.288 e. The molecule has 1 aliphatic rings. The van der Waals surface area contributed by atoms with Crippen molar-refractivity contribution in [2.75, 3.05) is 0 Å². The third-order valence-electron chi connectivity index (χ3n) is 3.45. The summed E-state index contributed by atoms with van der Waals surface area (Å²) in [4.78, 5) is 24.0. The van der Waals surface area contributed by atoms with Crippen molar-refractivity contribution in [3.05, 3.63) is 70.8 Å². The molecule has 104 valence electrons. The number of hydrogen-bond donors (Lipinski definition) is 1. The molecular formula is C17H13NO2S. The number of carbonyl (C=O) groups is 2. The van der Waals surface area contributed by atoms with Crippen molar-refractivity contribution in [1.29, 1.82) is 0 Å². The summed E-state index contributed by atoms with van der Waals surface area (Å²) < 4.78 is 0. The molecule has 3 nitrogen and oxygen atoms in total. The number of benzene rings is 2. The molecule has 0 aromatic heterocycles. The van der Waals surface area contributed by atoms with E-state index in [0.717, 1.165) is 16.8 Å². The van der Waals surface area contributed by atoms with Crippen LogP contribution < -0.4 is 5.32 Å². The predicted octanol–water partition coefficient (Wildman–Crippen LogP) is 2.73. The molecular weight excluding hydrogens is 282 g/mol. The molecule has 0 spiro atoms. The van der Waals surface area contributed by atoms with Crippen molar-refractivity contribution in [2.45, 2.75) is 12.8 Å². The summed E-state index contributed by atoms with van der Waals surface area (Å²) >= 11 is 5.43. The van der Waals surface area contributed by atoms with Gasteiger partial charge in [-0.15, -0.1) is 0 Å². The van der Waals surface area contributed by atoms with Gasteiger partial charge in [0.2, 0.25) is 0 Å². The zero-order valence-corrected chi connectivity index (χ0v) is 12.1. The molecule has 1 heterocycles. The van der Waals surface area contributed by atoms with Gasteiger partial charge >= 0.3 is 0 Å². The van der Waals surface area contributed by atoms with Gasteiger partial charge in [-0.05, 0) is 23.3 Å². The maximum Gasteiger partial charge on any atom is 0.258 e. The van der Waals surface area contributed by atoms with Crippen LogP contribution >= 0.6 is 12.2 Å². The molecule has 1 N–H and O–H groups in total. The summed E-state index contributed by atoms with van der Waals surface area (Å²) in [7, 11) is 0. The van der Waals surface area contributed by atoms with Crippen LogP contribution in [0.25, 0.3) is 0 Å². The number of imide groups is 1. The maximum absolute atomic E-state index is 11.6. The van der Waals surface area contributed by atoms with Crippen molar-refractivity contribution in [3.8, 4) is 0 Å². The number of hydrogen-bond acceptors (Lipinski definition) is 3. The number of carbonyl (C=O) groups excluding carboxylic acids is 2. The van der Waals surface area contributed by atoms with Gasteiger partial charge in [-0.1, -0.05) is 48.6 Å². The minimum atomic E-state index is -0.328. The normalized spacial score (nSPS) is 13.0. The molecule has 2 aromatic rings. The van der Waals surface area contributed by atoms with Crippen LogP contribution in [0, 0.1) is 0 Å². The predicted molar refractivity (Wildman–Crippen MR) is 84.7 cm³/mol. The Morgan fingerprint density at radius 2 is 1.52 bits per heavy atom. The van der Waals surface area contributed by atoms with E-state index in [1.54, 1.807) is 12.1 Å². The summed E-state index contributed by atoms with van der Waals surface area (Å²) in [5, 5.41) is 2.29. The van der Waals surface area contributed by atoms with Crippen LogP contribution in [0.4, 0.5) is 0 Å². The fourth-order valence-corrected chi connectivity index (χ4v) is 2.77. The highest BCUT2D eigenvalue weighted by molar-refractivity contribution is 7.80. The Balaban J connectivity index is 1.74. The molecule has 0 bridgehead atoms. The SMILES string of the molecule is O=C1NC(=O)c2cc(CC(=S)Cc3ccccc3)ccc21. The van der Waals surface area contributed by atoms with Crippen molar-refractivity contribution in [3.63, 3.8) is 0 Å². The molecule has 0 saturated carbocycles. The topological polar surface area (TPSA) is 46.2 Å². The van der Waals surface area contributed by atoms with Crippen LogP contribution in [-0.2, 0) is 12.8 Å². The molecule has 0 aliphatic carbocycles. The van der Waals surface area contributed by atoms with Crippen LogP contribution in [0.3, 0.4) is 0 Å². The molecule has 2 amide bonds. The number of fused-ring (bicyclic) bond motifs is 1. The second-order valence-electron chi connectivity index (χ2n) is 5.04. The fourth-order valence-electron chi connectivity index (χ4n) is 2.44. The van der Waals surface area contributed by atoms with Crippen LogP contribution in [0.15, 0.2) is 48.5 Å². The number of thiocarbonyl (C=S) groups is 1. The van der Waals surface area contributed by atoms with E-state index in [2.05, 4.69) is 5.32 Å². The highest BCUT2D eigenvalue weighted by Gasteiger charge is 2.26. The average Bonchev–Trinajstić information content (AvgIpc) is 2.74. The molecule has 3 rings (SSSR count). The summed E-state index contributed by atoms with van der Waals surface area (Å²) in [5.74, 6) is -0.653. The monoisotopic (exact) mass is 295 g/mol. The Morgan fingerprint density at radius 3 is 2.29 bits per heavy atom. The Labute approximate surface area is 128 Å². The quantitative estimate of drug-likeness (QED) is 0.697. The molecule has 21 heavy (non-hydrogen) atoms.